The lowest BCUT2D eigenvalue weighted by atomic mass is 9.87. The molecule has 4 aromatic carbocycles. The molecule has 1 saturated heterocycles. The zero-order valence-electron chi connectivity index (χ0n) is 22.0. The highest BCUT2D eigenvalue weighted by Gasteiger charge is 2.31. The van der Waals surface area contributed by atoms with Crippen molar-refractivity contribution in [1.82, 2.24) is 4.90 Å². The normalized spacial score (nSPS) is 17.3. The molecule has 1 aliphatic heterocycles. The van der Waals surface area contributed by atoms with Crippen molar-refractivity contribution >= 4 is 16.9 Å². The molecule has 1 aliphatic rings. The van der Waals surface area contributed by atoms with Crippen LogP contribution in [0.5, 0.6) is 5.75 Å². The Morgan fingerprint density at radius 1 is 0.821 bits per heavy atom. The van der Waals surface area contributed by atoms with Gasteiger partial charge in [-0.25, -0.2) is 0 Å². The number of ether oxygens (including phenoxy) is 3. The zero-order valence-corrected chi connectivity index (χ0v) is 22.0. The van der Waals surface area contributed by atoms with E-state index >= 15 is 0 Å². The molecule has 0 aliphatic carbocycles. The molecule has 39 heavy (non-hydrogen) atoms. The number of carbonyl (C=O) groups is 1. The van der Waals surface area contributed by atoms with Gasteiger partial charge in [0.05, 0.1) is 32.5 Å². The van der Waals surface area contributed by atoms with Gasteiger partial charge in [0.15, 0.2) is 0 Å². The van der Waals surface area contributed by atoms with E-state index in [-0.39, 0.29) is 12.0 Å². The molecule has 202 valence electrons. The van der Waals surface area contributed by atoms with Crippen LogP contribution in [0.4, 0.5) is 4.79 Å². The molecule has 6 nitrogen and oxygen atoms in total. The Bertz CT molecular complexity index is 1340. The van der Waals surface area contributed by atoms with Gasteiger partial charge in [-0.3, -0.25) is 0 Å². The number of carbonyl (C=O) groups excluding carboxylic acids is 1. The van der Waals surface area contributed by atoms with Crippen molar-refractivity contribution in [3.8, 4) is 5.75 Å². The maximum Gasteiger partial charge on any atom is 0.137 e. The molecule has 0 aromatic heterocycles. The third-order valence-corrected chi connectivity index (χ3v) is 7.22. The topological polar surface area (TPSA) is 71.1 Å². The second kappa shape index (κ2) is 13.3. The smallest absolute Gasteiger partial charge is 0.137 e. The van der Waals surface area contributed by atoms with Crippen LogP contribution in [0.3, 0.4) is 0 Å². The van der Waals surface area contributed by atoms with E-state index < -0.39 is 6.09 Å². The summed E-state index contributed by atoms with van der Waals surface area (Å²) in [7, 11) is 0. The summed E-state index contributed by atoms with van der Waals surface area (Å²) in [5, 5.41) is 13.9. The minimum absolute atomic E-state index is 0.0847. The van der Waals surface area contributed by atoms with Gasteiger partial charge >= 0.3 is 0 Å². The van der Waals surface area contributed by atoms with Crippen LogP contribution in [-0.4, -0.2) is 43.4 Å². The summed E-state index contributed by atoms with van der Waals surface area (Å²) in [4.78, 5) is 12.9. The van der Waals surface area contributed by atoms with Crippen LogP contribution in [0.15, 0.2) is 97.1 Å². The Morgan fingerprint density at radius 2 is 1.59 bits per heavy atom. The summed E-state index contributed by atoms with van der Waals surface area (Å²) in [6.45, 7) is 2.97. The zero-order chi connectivity index (χ0) is 26.9. The van der Waals surface area contributed by atoms with Gasteiger partial charge in [0.25, 0.3) is 0 Å². The van der Waals surface area contributed by atoms with Crippen molar-refractivity contribution in [3.05, 3.63) is 114 Å². The second-order valence-corrected chi connectivity index (χ2v) is 9.95. The lowest BCUT2D eigenvalue weighted by Gasteiger charge is -2.40. The fourth-order valence-corrected chi connectivity index (χ4v) is 5.09. The van der Waals surface area contributed by atoms with E-state index in [9.17, 15) is 9.90 Å². The van der Waals surface area contributed by atoms with Crippen molar-refractivity contribution in [2.75, 3.05) is 26.3 Å². The Balaban J connectivity index is 1.14. The van der Waals surface area contributed by atoms with Crippen LogP contribution in [0, 0.1) is 0 Å². The molecule has 0 bridgehead atoms. The first-order chi connectivity index (χ1) is 19.2. The average Bonchev–Trinajstić information content (AvgIpc) is 2.98. The van der Waals surface area contributed by atoms with Crippen molar-refractivity contribution in [2.24, 2.45) is 0 Å². The van der Waals surface area contributed by atoms with E-state index in [1.807, 2.05) is 42.5 Å². The van der Waals surface area contributed by atoms with E-state index in [0.29, 0.717) is 45.9 Å². The number of hydrogen-bond acceptors (Lipinski definition) is 5. The Labute approximate surface area is 229 Å². The fraction of sp³-hybridized carbons (Fsp3) is 0.303. The summed E-state index contributed by atoms with van der Waals surface area (Å²) < 4.78 is 18.0. The number of nitrogens with zero attached hydrogens (tertiary/aromatic N) is 1. The molecule has 2 atom stereocenters. The van der Waals surface area contributed by atoms with Crippen LogP contribution in [0.25, 0.3) is 10.8 Å². The van der Waals surface area contributed by atoms with Crippen molar-refractivity contribution in [1.29, 1.82) is 0 Å². The standard InChI is InChI=1S/C33H35NO5/c35-33(36)34-18-17-31(32(22-34)39-24-26-11-12-27-9-4-5-10-29(27)21-26)28-13-15-30(16-14-28)38-20-6-19-37-23-25-7-2-1-3-8-25/h1-5,7-16,21,31-32H,6,17-20,22-24H2,(H,35,36)/p-1. The molecule has 5 rings (SSSR count). The maximum absolute atomic E-state index is 11.6. The second-order valence-electron chi connectivity index (χ2n) is 9.95. The van der Waals surface area contributed by atoms with E-state index in [0.717, 1.165) is 28.7 Å². The number of benzene rings is 4. The largest absolute Gasteiger partial charge is 0.530 e. The maximum atomic E-state index is 11.6. The van der Waals surface area contributed by atoms with Gasteiger partial charge in [-0.05, 0) is 52.1 Å². The Hall–Kier alpha value is -3.87. The van der Waals surface area contributed by atoms with E-state index in [4.69, 9.17) is 14.2 Å². The molecule has 0 saturated carbocycles. The van der Waals surface area contributed by atoms with Gasteiger partial charge in [-0.1, -0.05) is 78.9 Å². The SMILES string of the molecule is O=C([O-])N1CCC(c2ccc(OCCCOCc3ccccc3)cc2)C(OCc2ccc3ccccc3c2)C1. The molecular weight excluding hydrogens is 490 g/mol. The molecule has 0 spiro atoms. The first-order valence-electron chi connectivity index (χ1n) is 13.6. The summed E-state index contributed by atoms with van der Waals surface area (Å²) in [6.07, 6.45) is 0.0666. The van der Waals surface area contributed by atoms with Gasteiger partial charge in [0, 0.05) is 25.4 Å². The first-order valence-corrected chi connectivity index (χ1v) is 13.6. The van der Waals surface area contributed by atoms with E-state index in [1.54, 1.807) is 0 Å². The molecule has 1 amide bonds. The van der Waals surface area contributed by atoms with Gasteiger partial charge in [0.2, 0.25) is 0 Å². The highest BCUT2D eigenvalue weighted by atomic mass is 16.5. The molecule has 4 aromatic rings. The highest BCUT2D eigenvalue weighted by molar-refractivity contribution is 5.82. The van der Waals surface area contributed by atoms with Crippen LogP contribution >= 0.6 is 0 Å². The number of piperidine rings is 1. The van der Waals surface area contributed by atoms with Gasteiger partial charge in [-0.2, -0.15) is 0 Å². The first kappa shape index (κ1) is 26.7. The quantitative estimate of drug-likeness (QED) is 0.241. The van der Waals surface area contributed by atoms with Crippen LogP contribution in [0.1, 0.15) is 35.4 Å². The minimum atomic E-state index is -1.15. The highest BCUT2D eigenvalue weighted by Crippen LogP contribution is 2.32. The molecule has 2 unspecified atom stereocenters. The number of amides is 1. The minimum Gasteiger partial charge on any atom is -0.530 e. The number of fused-ring (bicyclic) bond motifs is 1. The lowest BCUT2D eigenvalue weighted by molar-refractivity contribution is -0.268. The fourth-order valence-electron chi connectivity index (χ4n) is 5.09. The van der Waals surface area contributed by atoms with Crippen molar-refractivity contribution in [2.45, 2.75) is 38.1 Å². The van der Waals surface area contributed by atoms with Gasteiger partial charge < -0.3 is 29.0 Å². The lowest BCUT2D eigenvalue weighted by Crippen LogP contribution is -2.51. The van der Waals surface area contributed by atoms with Crippen molar-refractivity contribution < 1.29 is 24.1 Å². The molecular formula is C33H34NO5-. The van der Waals surface area contributed by atoms with Gasteiger partial charge in [-0.15, -0.1) is 0 Å². The molecule has 1 fully saturated rings. The summed E-state index contributed by atoms with van der Waals surface area (Å²) >= 11 is 0. The Morgan fingerprint density at radius 3 is 2.38 bits per heavy atom. The Kier molecular flexibility index (Phi) is 9.09. The summed E-state index contributed by atoms with van der Waals surface area (Å²) in [5.41, 5.74) is 3.35. The van der Waals surface area contributed by atoms with Crippen LogP contribution < -0.4 is 9.84 Å². The average molecular weight is 525 g/mol. The van der Waals surface area contributed by atoms with Crippen LogP contribution in [0.2, 0.25) is 0 Å². The summed E-state index contributed by atoms with van der Waals surface area (Å²) in [6, 6.07) is 32.7. The molecule has 1 heterocycles. The molecule has 6 heteroatoms. The summed E-state index contributed by atoms with van der Waals surface area (Å²) in [5.74, 6) is 0.893. The van der Waals surface area contributed by atoms with Crippen molar-refractivity contribution in [3.63, 3.8) is 0 Å². The number of hydrogen-bond donors (Lipinski definition) is 0. The van der Waals surface area contributed by atoms with Crippen LogP contribution in [-0.2, 0) is 22.7 Å². The number of rotatable bonds is 11. The van der Waals surface area contributed by atoms with E-state index in [2.05, 4.69) is 54.6 Å². The van der Waals surface area contributed by atoms with E-state index in [1.165, 1.54) is 15.8 Å². The van der Waals surface area contributed by atoms with Gasteiger partial charge in [0.1, 0.15) is 11.8 Å². The molecule has 0 radical (unpaired) electrons. The predicted octanol–water partition coefficient (Wildman–Crippen LogP) is 5.54. The number of carboxylic acid groups (broad SMARTS) is 1. The number of likely N-dealkylation sites (tertiary alicyclic amines) is 1. The molecule has 0 N–H and O–H groups in total. The third-order valence-electron chi connectivity index (χ3n) is 7.22. The monoisotopic (exact) mass is 524 g/mol. The predicted molar refractivity (Wildman–Crippen MR) is 150 cm³/mol. The third kappa shape index (κ3) is 7.37.